The van der Waals surface area contributed by atoms with Crippen LogP contribution in [0.2, 0.25) is 0 Å². The Hall–Kier alpha value is -1.89. The Morgan fingerprint density at radius 1 is 1.56 bits per heavy atom. The minimum atomic E-state index is -0.171. The number of rotatable bonds is 4. The first-order valence-electron chi connectivity index (χ1n) is 4.90. The zero-order chi connectivity index (χ0) is 11.5. The molecular weight excluding hydrogens is 210 g/mol. The number of aromatic amines is 1. The summed E-state index contributed by atoms with van der Waals surface area (Å²) in [5, 5.41) is 5.80. The molecule has 0 aliphatic heterocycles. The van der Waals surface area contributed by atoms with Gasteiger partial charge in [-0.15, -0.1) is 0 Å². The molecule has 2 aromatic rings. The average Bonchev–Trinajstić information content (AvgIpc) is 2.61. The number of hydrogen-bond donors (Lipinski definition) is 2. The Bertz CT molecular complexity index is 544. The van der Waals surface area contributed by atoms with Crippen LogP contribution < -0.4 is 10.9 Å². The van der Waals surface area contributed by atoms with Gasteiger partial charge in [-0.3, -0.25) is 9.89 Å². The molecule has 0 aromatic carbocycles. The molecule has 16 heavy (non-hydrogen) atoms. The van der Waals surface area contributed by atoms with Crippen LogP contribution in [0.1, 0.15) is 5.69 Å². The van der Waals surface area contributed by atoms with Crippen LogP contribution in [0.15, 0.2) is 10.9 Å². The van der Waals surface area contributed by atoms with E-state index < -0.39 is 0 Å². The third-order valence-electron chi connectivity index (χ3n) is 2.06. The number of hydrogen-bond acceptors (Lipinski definition) is 5. The fourth-order valence-corrected chi connectivity index (χ4v) is 1.34. The molecule has 0 saturated carbocycles. The van der Waals surface area contributed by atoms with Crippen LogP contribution >= 0.6 is 0 Å². The number of fused-ring (bicyclic) bond motifs is 1. The largest absolute Gasteiger partial charge is 0.383 e. The van der Waals surface area contributed by atoms with Crippen molar-refractivity contribution in [2.45, 2.75) is 6.92 Å². The van der Waals surface area contributed by atoms with Crippen LogP contribution in [-0.4, -0.2) is 39.8 Å². The van der Waals surface area contributed by atoms with Crippen molar-refractivity contribution in [3.8, 4) is 0 Å². The third kappa shape index (κ3) is 2.03. The minimum absolute atomic E-state index is 0.171. The van der Waals surface area contributed by atoms with Gasteiger partial charge in [0.2, 0.25) is 5.95 Å². The number of anilines is 1. The molecule has 0 unspecified atom stereocenters. The van der Waals surface area contributed by atoms with E-state index in [1.807, 2.05) is 0 Å². The number of methoxy groups -OCH3 is 1. The molecule has 7 nitrogen and oxygen atoms in total. The Morgan fingerprint density at radius 3 is 3.12 bits per heavy atom. The fraction of sp³-hybridized carbons (Fsp3) is 0.444. The van der Waals surface area contributed by atoms with Crippen molar-refractivity contribution in [1.82, 2.24) is 19.6 Å². The van der Waals surface area contributed by atoms with Crippen LogP contribution in [-0.2, 0) is 4.74 Å². The second-order valence-corrected chi connectivity index (χ2v) is 3.36. The quantitative estimate of drug-likeness (QED) is 0.700. The number of aromatic nitrogens is 4. The van der Waals surface area contributed by atoms with E-state index in [0.29, 0.717) is 30.6 Å². The lowest BCUT2D eigenvalue weighted by Crippen LogP contribution is -2.15. The van der Waals surface area contributed by atoms with Crippen molar-refractivity contribution < 1.29 is 4.74 Å². The summed E-state index contributed by atoms with van der Waals surface area (Å²) >= 11 is 0. The van der Waals surface area contributed by atoms with Gasteiger partial charge in [0.25, 0.3) is 11.3 Å². The summed E-state index contributed by atoms with van der Waals surface area (Å²) < 4.78 is 6.19. The molecule has 0 fully saturated rings. The van der Waals surface area contributed by atoms with Crippen molar-refractivity contribution in [2.24, 2.45) is 0 Å². The number of aryl methyl sites for hydroxylation is 1. The lowest BCUT2D eigenvalue weighted by molar-refractivity contribution is 0.210. The topological polar surface area (TPSA) is 84.3 Å². The smallest absolute Gasteiger partial charge is 0.274 e. The van der Waals surface area contributed by atoms with Crippen molar-refractivity contribution in [3.63, 3.8) is 0 Å². The molecule has 0 amide bonds. The molecule has 2 rings (SSSR count). The van der Waals surface area contributed by atoms with E-state index in [1.165, 1.54) is 10.6 Å². The maximum atomic E-state index is 11.5. The molecule has 86 valence electrons. The highest BCUT2D eigenvalue weighted by molar-refractivity contribution is 5.36. The number of nitrogens with zero attached hydrogens (tertiary/aromatic N) is 3. The van der Waals surface area contributed by atoms with Crippen molar-refractivity contribution in [1.29, 1.82) is 0 Å². The van der Waals surface area contributed by atoms with Crippen LogP contribution in [0.3, 0.4) is 0 Å². The van der Waals surface area contributed by atoms with Gasteiger partial charge in [-0.2, -0.15) is 9.50 Å². The maximum Gasteiger partial charge on any atom is 0.274 e. The van der Waals surface area contributed by atoms with Crippen LogP contribution in [0.25, 0.3) is 5.78 Å². The third-order valence-corrected chi connectivity index (χ3v) is 2.06. The second-order valence-electron chi connectivity index (χ2n) is 3.36. The first kappa shape index (κ1) is 10.6. The van der Waals surface area contributed by atoms with Gasteiger partial charge in [0, 0.05) is 25.4 Å². The monoisotopic (exact) mass is 223 g/mol. The summed E-state index contributed by atoms with van der Waals surface area (Å²) in [6.45, 7) is 2.94. The minimum Gasteiger partial charge on any atom is -0.383 e. The van der Waals surface area contributed by atoms with E-state index in [4.69, 9.17) is 4.74 Å². The van der Waals surface area contributed by atoms with Crippen LogP contribution in [0.4, 0.5) is 5.95 Å². The van der Waals surface area contributed by atoms with Gasteiger partial charge >= 0.3 is 0 Å². The number of H-pyrrole nitrogens is 1. The highest BCUT2D eigenvalue weighted by Crippen LogP contribution is 2.00. The van der Waals surface area contributed by atoms with Gasteiger partial charge in [0.1, 0.15) is 0 Å². The van der Waals surface area contributed by atoms with E-state index in [0.717, 1.165) is 0 Å². The lowest BCUT2D eigenvalue weighted by Gasteiger charge is -1.99. The molecule has 7 heteroatoms. The Balaban J connectivity index is 2.29. The van der Waals surface area contributed by atoms with Crippen molar-refractivity contribution in [2.75, 3.05) is 25.6 Å². The summed E-state index contributed by atoms with van der Waals surface area (Å²) in [7, 11) is 1.62. The lowest BCUT2D eigenvalue weighted by atomic mass is 10.5. The summed E-state index contributed by atoms with van der Waals surface area (Å²) in [5.41, 5.74) is 0.481. The van der Waals surface area contributed by atoms with E-state index in [2.05, 4.69) is 20.4 Å². The van der Waals surface area contributed by atoms with Gasteiger partial charge in [-0.05, 0) is 6.92 Å². The molecule has 0 bridgehead atoms. The van der Waals surface area contributed by atoms with Gasteiger partial charge in [0.05, 0.1) is 6.61 Å². The predicted octanol–water partition coefficient (Wildman–Crippen LogP) is -0.216. The molecule has 0 spiro atoms. The zero-order valence-corrected chi connectivity index (χ0v) is 9.15. The summed E-state index contributed by atoms with van der Waals surface area (Å²) in [6, 6.07) is 1.45. The normalized spacial score (nSPS) is 10.9. The van der Waals surface area contributed by atoms with Gasteiger partial charge < -0.3 is 10.1 Å². The van der Waals surface area contributed by atoms with Gasteiger partial charge in [-0.25, -0.2) is 4.98 Å². The molecule has 2 heterocycles. The van der Waals surface area contributed by atoms with E-state index in [1.54, 1.807) is 14.0 Å². The first-order valence-corrected chi connectivity index (χ1v) is 4.90. The molecule has 0 radical (unpaired) electrons. The predicted molar refractivity (Wildman–Crippen MR) is 58.7 cm³/mol. The standard InChI is InChI=1S/C9H13N5O2/c1-6-5-7(15)14-9(11-6)12-8(13-14)10-3-4-16-2/h5H,3-4H2,1-2H3,(H2,10,11,12,13). The Kier molecular flexibility index (Phi) is 2.86. The van der Waals surface area contributed by atoms with Gasteiger partial charge in [-0.1, -0.05) is 0 Å². The van der Waals surface area contributed by atoms with Crippen molar-refractivity contribution >= 4 is 11.7 Å². The summed E-state index contributed by atoms with van der Waals surface area (Å²) in [6.07, 6.45) is 0. The highest BCUT2D eigenvalue weighted by atomic mass is 16.5. The average molecular weight is 223 g/mol. The summed E-state index contributed by atoms with van der Waals surface area (Å²) in [4.78, 5) is 19.8. The SMILES string of the molecule is COCCNc1nc2nc(C)cc(=O)n2[nH]1. The molecular formula is C9H13N5O2. The van der Waals surface area contributed by atoms with E-state index in [-0.39, 0.29) is 5.56 Å². The first-order chi connectivity index (χ1) is 7.70. The second kappa shape index (κ2) is 4.31. The maximum absolute atomic E-state index is 11.5. The fourth-order valence-electron chi connectivity index (χ4n) is 1.34. The zero-order valence-electron chi connectivity index (χ0n) is 9.15. The molecule has 2 aromatic heterocycles. The molecule has 0 atom stereocenters. The van der Waals surface area contributed by atoms with E-state index in [9.17, 15) is 4.79 Å². The summed E-state index contributed by atoms with van der Waals surface area (Å²) in [5.74, 6) is 0.872. The van der Waals surface area contributed by atoms with Gasteiger partial charge in [0.15, 0.2) is 0 Å². The Morgan fingerprint density at radius 2 is 2.38 bits per heavy atom. The van der Waals surface area contributed by atoms with Crippen LogP contribution in [0.5, 0.6) is 0 Å². The number of nitrogens with one attached hydrogen (secondary N) is 2. The molecule has 0 aliphatic rings. The highest BCUT2D eigenvalue weighted by Gasteiger charge is 2.05. The van der Waals surface area contributed by atoms with Crippen molar-refractivity contribution in [3.05, 3.63) is 22.1 Å². The molecule has 0 saturated heterocycles. The molecule has 0 aliphatic carbocycles. The number of ether oxygens (including phenoxy) is 1. The Labute approximate surface area is 91.5 Å². The van der Waals surface area contributed by atoms with E-state index >= 15 is 0 Å². The molecule has 2 N–H and O–H groups in total. The van der Waals surface area contributed by atoms with Crippen LogP contribution in [0, 0.1) is 6.92 Å².